The summed E-state index contributed by atoms with van der Waals surface area (Å²) in [6.07, 6.45) is 0.986. The van der Waals surface area contributed by atoms with Crippen LogP contribution >= 0.6 is 0 Å². The fourth-order valence-electron chi connectivity index (χ4n) is 1.78. The van der Waals surface area contributed by atoms with Crippen molar-refractivity contribution < 1.29 is 24.5 Å². The molecule has 1 aliphatic heterocycles. The van der Waals surface area contributed by atoms with Gasteiger partial charge in [-0.3, -0.25) is 4.79 Å². The zero-order chi connectivity index (χ0) is 13.1. The van der Waals surface area contributed by atoms with E-state index in [0.717, 1.165) is 18.6 Å². The number of carbonyl (C=O) groups excluding carboxylic acids is 1. The van der Waals surface area contributed by atoms with Crippen LogP contribution < -0.4 is 10.4 Å². The molecule has 1 aromatic rings. The van der Waals surface area contributed by atoms with Crippen molar-refractivity contribution in [3.63, 3.8) is 0 Å². The lowest BCUT2D eigenvalue weighted by atomic mass is 10.1. The van der Waals surface area contributed by atoms with Crippen molar-refractivity contribution in [2.24, 2.45) is 0 Å². The number of hydrogen-bond donors (Lipinski definition) is 2. The second kappa shape index (κ2) is 5.05. The number of amides is 1. The number of carbonyl (C=O) groups is 2. The molecule has 1 saturated heterocycles. The van der Waals surface area contributed by atoms with Gasteiger partial charge in [-0.05, 0) is 25.0 Å². The molecule has 1 aromatic carbocycles. The predicted octanol–water partition coefficient (Wildman–Crippen LogP) is 0.576. The molecule has 1 amide bonds. The van der Waals surface area contributed by atoms with Crippen molar-refractivity contribution in [3.8, 4) is 5.75 Å². The summed E-state index contributed by atoms with van der Waals surface area (Å²) in [7, 11) is 0. The van der Waals surface area contributed by atoms with Gasteiger partial charge in [-0.15, -0.1) is 0 Å². The molecule has 0 aliphatic carbocycles. The normalized spacial score (nSPS) is 18.6. The highest BCUT2D eigenvalue weighted by atomic mass is 16.5. The van der Waals surface area contributed by atoms with E-state index in [1.165, 1.54) is 6.07 Å². The van der Waals surface area contributed by atoms with Crippen LogP contribution in [0.1, 0.15) is 23.2 Å². The fraction of sp³-hybridized carbons (Fsp3) is 0.333. The van der Waals surface area contributed by atoms with Crippen LogP contribution in [0.5, 0.6) is 5.75 Å². The Hall–Kier alpha value is -2.08. The van der Waals surface area contributed by atoms with E-state index in [2.05, 4.69) is 5.32 Å². The topological polar surface area (TPSA) is 98.7 Å². The van der Waals surface area contributed by atoms with Crippen molar-refractivity contribution in [2.75, 3.05) is 11.9 Å². The summed E-state index contributed by atoms with van der Waals surface area (Å²) in [6, 6.07) is 3.65. The molecular weight excluding hydrogens is 238 g/mol. The SMILES string of the molecule is O=C(O)c1cc(NC(=O)[C@@H]2CCCO2)ccc1[O-]. The summed E-state index contributed by atoms with van der Waals surface area (Å²) in [5, 5.41) is 22.6. The molecule has 0 spiro atoms. The first-order valence-electron chi connectivity index (χ1n) is 5.55. The van der Waals surface area contributed by atoms with Gasteiger partial charge in [0.05, 0.1) is 5.56 Å². The van der Waals surface area contributed by atoms with Gasteiger partial charge in [-0.25, -0.2) is 4.79 Å². The van der Waals surface area contributed by atoms with Gasteiger partial charge < -0.3 is 20.3 Å². The molecule has 2 rings (SSSR count). The zero-order valence-corrected chi connectivity index (χ0v) is 9.51. The van der Waals surface area contributed by atoms with Crippen molar-refractivity contribution in [1.82, 2.24) is 0 Å². The number of carboxylic acids is 1. The molecule has 0 saturated carbocycles. The summed E-state index contributed by atoms with van der Waals surface area (Å²) in [5.41, 5.74) is -0.0763. The Bertz CT molecular complexity index is 479. The third-order valence-corrected chi connectivity index (χ3v) is 2.70. The van der Waals surface area contributed by atoms with E-state index in [1.807, 2.05) is 0 Å². The number of rotatable bonds is 3. The second-order valence-electron chi connectivity index (χ2n) is 4.01. The molecule has 6 nitrogen and oxygen atoms in total. The maximum atomic E-state index is 11.7. The Balaban J connectivity index is 2.11. The highest BCUT2D eigenvalue weighted by molar-refractivity contribution is 5.97. The molecule has 0 aromatic heterocycles. The average Bonchev–Trinajstić information content (AvgIpc) is 2.85. The number of benzene rings is 1. The van der Waals surface area contributed by atoms with E-state index in [0.29, 0.717) is 13.0 Å². The van der Waals surface area contributed by atoms with Crippen molar-refractivity contribution >= 4 is 17.6 Å². The Morgan fingerprint density at radius 2 is 2.22 bits per heavy atom. The maximum Gasteiger partial charge on any atom is 0.335 e. The zero-order valence-electron chi connectivity index (χ0n) is 9.51. The Morgan fingerprint density at radius 1 is 1.44 bits per heavy atom. The van der Waals surface area contributed by atoms with Gasteiger partial charge in [0, 0.05) is 12.3 Å². The third kappa shape index (κ3) is 2.60. The molecule has 1 fully saturated rings. The van der Waals surface area contributed by atoms with Crippen LogP contribution in [0.15, 0.2) is 18.2 Å². The van der Waals surface area contributed by atoms with Crippen molar-refractivity contribution in [1.29, 1.82) is 0 Å². The highest BCUT2D eigenvalue weighted by Gasteiger charge is 2.23. The highest BCUT2D eigenvalue weighted by Crippen LogP contribution is 2.20. The van der Waals surface area contributed by atoms with Crippen LogP contribution in [0.4, 0.5) is 5.69 Å². The minimum atomic E-state index is -1.31. The number of ether oxygens (including phenoxy) is 1. The molecular formula is C12H12NO5-. The van der Waals surface area contributed by atoms with Gasteiger partial charge in [0.2, 0.25) is 0 Å². The van der Waals surface area contributed by atoms with Crippen LogP contribution in [0.25, 0.3) is 0 Å². The molecule has 1 atom stereocenters. The van der Waals surface area contributed by atoms with Crippen LogP contribution in [-0.4, -0.2) is 29.7 Å². The van der Waals surface area contributed by atoms with E-state index < -0.39 is 17.8 Å². The standard InChI is InChI=1S/C12H13NO5/c14-9-4-3-7(6-8(9)12(16)17)13-11(15)10-2-1-5-18-10/h3-4,6,10,14H,1-2,5H2,(H,13,15)(H,16,17)/p-1/t10-/m0/s1. The number of carboxylic acid groups (broad SMARTS) is 1. The summed E-state index contributed by atoms with van der Waals surface area (Å²) in [5.74, 6) is -2.21. The van der Waals surface area contributed by atoms with Gasteiger partial charge in [-0.2, -0.15) is 0 Å². The predicted molar refractivity (Wildman–Crippen MR) is 60.5 cm³/mol. The molecule has 6 heteroatoms. The first kappa shape index (κ1) is 12.4. The Morgan fingerprint density at radius 3 is 2.83 bits per heavy atom. The summed E-state index contributed by atoms with van der Waals surface area (Å²) in [6.45, 7) is 0.554. The third-order valence-electron chi connectivity index (χ3n) is 2.70. The monoisotopic (exact) mass is 250 g/mol. The second-order valence-corrected chi connectivity index (χ2v) is 4.01. The van der Waals surface area contributed by atoms with Crippen LogP contribution in [0.2, 0.25) is 0 Å². The molecule has 0 unspecified atom stereocenters. The summed E-state index contributed by atoms with van der Waals surface area (Å²) < 4.78 is 5.20. The first-order chi connectivity index (χ1) is 8.58. The molecule has 96 valence electrons. The van der Waals surface area contributed by atoms with E-state index >= 15 is 0 Å². The van der Waals surface area contributed by atoms with Gasteiger partial charge in [0.25, 0.3) is 5.91 Å². The number of aromatic carboxylic acids is 1. The van der Waals surface area contributed by atoms with Gasteiger partial charge in [0.15, 0.2) is 0 Å². The number of nitrogens with one attached hydrogen (secondary N) is 1. The molecule has 0 radical (unpaired) electrons. The Kier molecular flexibility index (Phi) is 3.47. The molecule has 0 bridgehead atoms. The lowest BCUT2D eigenvalue weighted by molar-refractivity contribution is -0.268. The number of hydrogen-bond acceptors (Lipinski definition) is 4. The lowest BCUT2D eigenvalue weighted by Crippen LogP contribution is -2.27. The fourth-order valence-corrected chi connectivity index (χ4v) is 1.78. The molecule has 1 aliphatic rings. The smallest absolute Gasteiger partial charge is 0.335 e. The van der Waals surface area contributed by atoms with Gasteiger partial charge >= 0.3 is 5.97 Å². The number of anilines is 1. The average molecular weight is 250 g/mol. The van der Waals surface area contributed by atoms with Crippen molar-refractivity contribution in [3.05, 3.63) is 23.8 Å². The summed E-state index contributed by atoms with van der Waals surface area (Å²) in [4.78, 5) is 22.5. The molecule has 2 N–H and O–H groups in total. The minimum absolute atomic E-state index is 0.285. The van der Waals surface area contributed by atoms with Crippen LogP contribution in [0.3, 0.4) is 0 Å². The van der Waals surface area contributed by atoms with E-state index in [-0.39, 0.29) is 17.2 Å². The molecule has 1 heterocycles. The quantitative estimate of drug-likeness (QED) is 0.817. The molecule has 18 heavy (non-hydrogen) atoms. The van der Waals surface area contributed by atoms with E-state index in [4.69, 9.17) is 9.84 Å². The minimum Gasteiger partial charge on any atom is -0.872 e. The van der Waals surface area contributed by atoms with Gasteiger partial charge in [0.1, 0.15) is 6.10 Å². The lowest BCUT2D eigenvalue weighted by Gasteiger charge is -2.14. The van der Waals surface area contributed by atoms with Gasteiger partial charge in [-0.1, -0.05) is 11.8 Å². The van der Waals surface area contributed by atoms with Crippen LogP contribution in [-0.2, 0) is 9.53 Å². The van der Waals surface area contributed by atoms with E-state index in [9.17, 15) is 14.7 Å². The largest absolute Gasteiger partial charge is 0.872 e. The van der Waals surface area contributed by atoms with E-state index in [1.54, 1.807) is 0 Å². The maximum absolute atomic E-state index is 11.7. The first-order valence-corrected chi connectivity index (χ1v) is 5.55. The summed E-state index contributed by atoms with van der Waals surface area (Å²) >= 11 is 0. The Labute approximate surface area is 103 Å². The van der Waals surface area contributed by atoms with Crippen LogP contribution in [0, 0.1) is 0 Å². The van der Waals surface area contributed by atoms with Crippen molar-refractivity contribution in [2.45, 2.75) is 18.9 Å².